The van der Waals surface area contributed by atoms with Gasteiger partial charge in [-0.2, -0.15) is 0 Å². The first kappa shape index (κ1) is 28.8. The van der Waals surface area contributed by atoms with E-state index in [9.17, 15) is 18.8 Å². The maximum atomic E-state index is 15.1. The second kappa shape index (κ2) is 12.0. The molecule has 0 aliphatic heterocycles. The second-order valence-electron chi connectivity index (χ2n) is 8.97. The third-order valence-electron chi connectivity index (χ3n) is 6.37. The summed E-state index contributed by atoms with van der Waals surface area (Å²) in [5.41, 5.74) is -0.775. The summed E-state index contributed by atoms with van der Waals surface area (Å²) in [7, 11) is 2.98. The van der Waals surface area contributed by atoms with Crippen LogP contribution >= 0.6 is 0 Å². The van der Waals surface area contributed by atoms with Crippen LogP contribution in [-0.2, 0) is 6.54 Å². The number of amides is 1. The summed E-state index contributed by atoms with van der Waals surface area (Å²) in [5.74, 6) is -0.732. The Morgan fingerprint density at radius 2 is 1.60 bits per heavy atom. The van der Waals surface area contributed by atoms with Gasteiger partial charge < -0.3 is 18.9 Å². The Hall–Kier alpha value is -5.72. The molecule has 0 aliphatic rings. The molecule has 0 aliphatic carbocycles. The number of aromatic nitrogens is 3. The van der Waals surface area contributed by atoms with Crippen LogP contribution in [0.15, 0.2) is 82.6 Å². The number of hydrogen-bond acceptors (Lipinski definition) is 8. The lowest BCUT2D eigenvalue weighted by Gasteiger charge is -2.14. The standard InChI is InChI=1S/C30H24F2N4O7/c1-4-35-28(37)27(16-36(30(35)39)19-8-5-17(31)6-9-19)43-29(38)34-18-7-10-24(21(32)13-18)42-23-11-12-33-22-15-26(41-3)25(40-2)14-20(22)23/h5-16H,4H2,1-3H3,(H,34,38). The first-order chi connectivity index (χ1) is 20.7. The van der Waals surface area contributed by atoms with E-state index < -0.39 is 34.7 Å². The quantitative estimate of drug-likeness (QED) is 0.260. The summed E-state index contributed by atoms with van der Waals surface area (Å²) in [5, 5.41) is 2.89. The number of ether oxygens (including phenoxy) is 4. The SMILES string of the molecule is CCn1c(=O)c(OC(=O)Nc2ccc(Oc3ccnc4cc(OC)c(OC)cc34)c(F)c2)cn(-c2ccc(F)cc2)c1=O. The van der Waals surface area contributed by atoms with Gasteiger partial charge in [-0.25, -0.2) is 18.4 Å². The molecular weight excluding hydrogens is 566 g/mol. The topological polar surface area (TPSA) is 123 Å². The van der Waals surface area contributed by atoms with E-state index in [1.165, 1.54) is 44.7 Å². The zero-order valence-electron chi connectivity index (χ0n) is 23.1. The molecule has 5 aromatic rings. The largest absolute Gasteiger partial charge is 0.493 e. The van der Waals surface area contributed by atoms with Gasteiger partial charge in [0, 0.05) is 35.9 Å². The predicted octanol–water partition coefficient (Wildman–Crippen LogP) is 5.27. The molecular formula is C30H24F2N4O7. The molecule has 0 radical (unpaired) electrons. The van der Waals surface area contributed by atoms with Crippen LogP contribution in [0.25, 0.3) is 16.6 Å². The summed E-state index contributed by atoms with van der Waals surface area (Å²) < 4.78 is 52.0. The molecule has 43 heavy (non-hydrogen) atoms. The molecule has 0 fully saturated rings. The van der Waals surface area contributed by atoms with Crippen LogP contribution in [0.2, 0.25) is 0 Å². The highest BCUT2D eigenvalue weighted by molar-refractivity contribution is 5.88. The predicted molar refractivity (Wildman–Crippen MR) is 153 cm³/mol. The lowest BCUT2D eigenvalue weighted by atomic mass is 10.2. The maximum absolute atomic E-state index is 15.1. The molecule has 0 spiro atoms. The fourth-order valence-electron chi connectivity index (χ4n) is 4.27. The number of anilines is 1. The number of rotatable bonds is 8. The number of carbonyl (C=O) groups is 1. The molecule has 0 unspecified atom stereocenters. The monoisotopic (exact) mass is 590 g/mol. The zero-order valence-corrected chi connectivity index (χ0v) is 23.1. The third kappa shape index (κ3) is 5.86. The Labute approximate surface area is 242 Å². The van der Waals surface area contributed by atoms with Gasteiger partial charge in [0.05, 0.1) is 31.6 Å². The van der Waals surface area contributed by atoms with E-state index in [1.807, 2.05) is 0 Å². The lowest BCUT2D eigenvalue weighted by molar-refractivity contribution is 0.213. The minimum Gasteiger partial charge on any atom is -0.493 e. The Balaban J connectivity index is 1.36. The summed E-state index contributed by atoms with van der Waals surface area (Å²) in [6, 6.07) is 13.5. The number of halogens is 2. The van der Waals surface area contributed by atoms with Crippen LogP contribution in [0.3, 0.4) is 0 Å². The molecule has 0 saturated heterocycles. The molecule has 220 valence electrons. The third-order valence-corrected chi connectivity index (χ3v) is 6.37. The molecule has 0 atom stereocenters. The van der Waals surface area contributed by atoms with Crippen LogP contribution in [-0.4, -0.2) is 34.4 Å². The average Bonchev–Trinajstić information content (AvgIpc) is 3.00. The fraction of sp³-hybridized carbons (Fsp3) is 0.133. The minimum absolute atomic E-state index is 0.00325. The van der Waals surface area contributed by atoms with Gasteiger partial charge in [-0.05, 0) is 55.5 Å². The number of nitrogens with one attached hydrogen (secondary N) is 1. The van der Waals surface area contributed by atoms with Gasteiger partial charge >= 0.3 is 11.8 Å². The van der Waals surface area contributed by atoms with Gasteiger partial charge in [0.1, 0.15) is 11.6 Å². The first-order valence-electron chi connectivity index (χ1n) is 12.8. The Morgan fingerprint density at radius 1 is 0.884 bits per heavy atom. The Bertz CT molecular complexity index is 1960. The molecule has 5 rings (SSSR count). The molecule has 3 aromatic carbocycles. The summed E-state index contributed by atoms with van der Waals surface area (Å²) in [4.78, 5) is 42.5. The van der Waals surface area contributed by atoms with Crippen LogP contribution < -0.4 is 35.5 Å². The van der Waals surface area contributed by atoms with E-state index in [4.69, 9.17) is 18.9 Å². The highest BCUT2D eigenvalue weighted by atomic mass is 19.1. The van der Waals surface area contributed by atoms with Crippen molar-refractivity contribution in [2.45, 2.75) is 13.5 Å². The van der Waals surface area contributed by atoms with Crippen LogP contribution in [0.5, 0.6) is 28.7 Å². The second-order valence-corrected chi connectivity index (χ2v) is 8.97. The minimum atomic E-state index is -1.11. The van der Waals surface area contributed by atoms with Crippen molar-refractivity contribution in [2.24, 2.45) is 0 Å². The molecule has 2 heterocycles. The maximum Gasteiger partial charge on any atom is 0.417 e. The molecule has 0 bridgehead atoms. The van der Waals surface area contributed by atoms with Gasteiger partial charge in [0.15, 0.2) is 23.1 Å². The first-order valence-corrected chi connectivity index (χ1v) is 12.8. The van der Waals surface area contributed by atoms with Crippen molar-refractivity contribution in [1.29, 1.82) is 0 Å². The Kier molecular flexibility index (Phi) is 8.05. The average molecular weight is 591 g/mol. The van der Waals surface area contributed by atoms with E-state index >= 15 is 4.39 Å². The summed E-state index contributed by atoms with van der Waals surface area (Å²) in [6.45, 7) is 1.55. The molecule has 0 saturated carbocycles. The van der Waals surface area contributed by atoms with Crippen LogP contribution in [0, 0.1) is 11.6 Å². The Morgan fingerprint density at radius 3 is 2.28 bits per heavy atom. The van der Waals surface area contributed by atoms with Crippen molar-refractivity contribution < 1.29 is 32.5 Å². The van der Waals surface area contributed by atoms with Gasteiger partial charge in [-0.15, -0.1) is 0 Å². The number of hydrogen-bond donors (Lipinski definition) is 1. The van der Waals surface area contributed by atoms with Crippen molar-refractivity contribution in [3.05, 3.63) is 106 Å². The van der Waals surface area contributed by atoms with E-state index in [-0.39, 0.29) is 23.7 Å². The zero-order chi connectivity index (χ0) is 30.7. The number of fused-ring (bicyclic) bond motifs is 1. The van der Waals surface area contributed by atoms with E-state index in [0.29, 0.717) is 28.2 Å². The fourth-order valence-corrected chi connectivity index (χ4v) is 4.27. The van der Waals surface area contributed by atoms with Crippen LogP contribution in [0.4, 0.5) is 19.3 Å². The molecule has 2 aromatic heterocycles. The summed E-state index contributed by atoms with van der Waals surface area (Å²) >= 11 is 0. The number of carbonyl (C=O) groups excluding carboxylic acids is 1. The lowest BCUT2D eigenvalue weighted by Crippen LogP contribution is -2.39. The van der Waals surface area contributed by atoms with Crippen molar-refractivity contribution in [2.75, 3.05) is 19.5 Å². The normalized spacial score (nSPS) is 10.8. The molecule has 13 heteroatoms. The van der Waals surface area contributed by atoms with Crippen molar-refractivity contribution in [3.8, 4) is 34.4 Å². The number of nitrogens with zero attached hydrogens (tertiary/aromatic N) is 3. The van der Waals surface area contributed by atoms with Crippen molar-refractivity contribution >= 4 is 22.7 Å². The van der Waals surface area contributed by atoms with E-state index in [0.717, 1.165) is 33.5 Å². The van der Waals surface area contributed by atoms with E-state index in [1.54, 1.807) is 25.1 Å². The van der Waals surface area contributed by atoms with Crippen molar-refractivity contribution in [3.63, 3.8) is 0 Å². The van der Waals surface area contributed by atoms with Crippen molar-refractivity contribution in [1.82, 2.24) is 14.1 Å². The molecule has 11 nitrogen and oxygen atoms in total. The highest BCUT2D eigenvalue weighted by Gasteiger charge is 2.18. The number of pyridine rings is 1. The van der Waals surface area contributed by atoms with Gasteiger partial charge in [-0.1, -0.05) is 0 Å². The summed E-state index contributed by atoms with van der Waals surface area (Å²) in [6.07, 6.45) is 1.42. The highest BCUT2D eigenvalue weighted by Crippen LogP contribution is 2.37. The number of benzene rings is 3. The van der Waals surface area contributed by atoms with Gasteiger partial charge in [0.2, 0.25) is 5.75 Å². The van der Waals surface area contributed by atoms with Crippen LogP contribution in [0.1, 0.15) is 6.92 Å². The molecule has 1 amide bonds. The molecule has 1 N–H and O–H groups in total. The number of methoxy groups -OCH3 is 2. The van der Waals surface area contributed by atoms with Gasteiger partial charge in [-0.3, -0.25) is 24.2 Å². The van der Waals surface area contributed by atoms with E-state index in [2.05, 4.69) is 10.3 Å². The van der Waals surface area contributed by atoms with Gasteiger partial charge in [0.25, 0.3) is 5.56 Å². The smallest absolute Gasteiger partial charge is 0.417 e.